The number of anilines is 1. The molecule has 0 aromatic heterocycles. The van der Waals surface area contributed by atoms with E-state index in [0.29, 0.717) is 12.5 Å². The van der Waals surface area contributed by atoms with Crippen LogP contribution in [-0.4, -0.2) is 18.8 Å². The second-order valence-electron chi connectivity index (χ2n) is 5.38. The summed E-state index contributed by atoms with van der Waals surface area (Å²) in [6.07, 6.45) is 8.45. The quantitative estimate of drug-likeness (QED) is 0.813. The minimum absolute atomic E-state index is 0.277. The monoisotopic (exact) mass is 289 g/mol. The molecule has 20 heavy (non-hydrogen) atoms. The van der Waals surface area contributed by atoms with Crippen LogP contribution in [0.15, 0.2) is 23.1 Å². The molecule has 0 amide bonds. The van der Waals surface area contributed by atoms with Crippen molar-refractivity contribution in [1.82, 2.24) is 0 Å². The Balaban J connectivity index is 2.17. The van der Waals surface area contributed by atoms with Crippen molar-refractivity contribution in [2.24, 2.45) is 11.7 Å². The second kappa shape index (κ2) is 7.56. The Morgan fingerprint density at radius 3 is 2.75 bits per heavy atom. The molecule has 0 saturated heterocycles. The van der Waals surface area contributed by atoms with Gasteiger partial charge in [0.15, 0.2) is 0 Å². The van der Waals surface area contributed by atoms with Gasteiger partial charge in [-0.3, -0.25) is 0 Å². The first kappa shape index (κ1) is 15.2. The highest BCUT2D eigenvalue weighted by molar-refractivity contribution is 7.98. The molecule has 2 rings (SSSR count). The standard InChI is InChI=1S/C16H23N3S/c1-20-16-9-5-8-14(13(16)10-17)19-15(11-18)12-6-3-2-4-7-12/h5,8-9,12,15,19H,2-4,6-7,11,18H2,1H3. The van der Waals surface area contributed by atoms with Crippen molar-refractivity contribution < 1.29 is 0 Å². The molecule has 1 aromatic rings. The summed E-state index contributed by atoms with van der Waals surface area (Å²) in [6.45, 7) is 0.624. The largest absolute Gasteiger partial charge is 0.380 e. The van der Waals surface area contributed by atoms with Crippen LogP contribution in [0, 0.1) is 17.2 Å². The minimum atomic E-state index is 0.277. The Bertz CT molecular complexity index is 475. The number of nitrogens with one attached hydrogen (secondary N) is 1. The molecule has 1 aliphatic rings. The Hall–Kier alpha value is -1.18. The van der Waals surface area contributed by atoms with Crippen LogP contribution in [0.1, 0.15) is 37.7 Å². The van der Waals surface area contributed by atoms with Crippen LogP contribution in [-0.2, 0) is 0 Å². The van der Waals surface area contributed by atoms with E-state index in [2.05, 4.69) is 11.4 Å². The van der Waals surface area contributed by atoms with E-state index in [-0.39, 0.29) is 6.04 Å². The highest BCUT2D eigenvalue weighted by Gasteiger charge is 2.23. The van der Waals surface area contributed by atoms with E-state index in [4.69, 9.17) is 5.73 Å². The molecule has 0 spiro atoms. The van der Waals surface area contributed by atoms with Gasteiger partial charge in [-0.05, 0) is 37.1 Å². The van der Waals surface area contributed by atoms with Crippen molar-refractivity contribution in [3.63, 3.8) is 0 Å². The molecule has 0 bridgehead atoms. The molecule has 0 heterocycles. The summed E-state index contributed by atoms with van der Waals surface area (Å²) >= 11 is 1.61. The maximum Gasteiger partial charge on any atom is 0.102 e. The third-order valence-electron chi connectivity index (χ3n) is 4.17. The lowest BCUT2D eigenvalue weighted by molar-refractivity contribution is 0.320. The zero-order chi connectivity index (χ0) is 14.4. The SMILES string of the molecule is CSc1cccc(NC(CN)C2CCCCC2)c1C#N. The zero-order valence-corrected chi connectivity index (χ0v) is 12.9. The topological polar surface area (TPSA) is 61.8 Å². The number of thioether (sulfide) groups is 1. The molecule has 0 radical (unpaired) electrons. The average molecular weight is 289 g/mol. The van der Waals surface area contributed by atoms with E-state index in [1.165, 1.54) is 32.1 Å². The van der Waals surface area contributed by atoms with Crippen LogP contribution in [0.2, 0.25) is 0 Å². The lowest BCUT2D eigenvalue weighted by Crippen LogP contribution is -2.37. The fourth-order valence-electron chi connectivity index (χ4n) is 3.04. The first-order valence-electron chi connectivity index (χ1n) is 7.33. The smallest absolute Gasteiger partial charge is 0.102 e. The van der Waals surface area contributed by atoms with Gasteiger partial charge in [-0.2, -0.15) is 5.26 Å². The van der Waals surface area contributed by atoms with Gasteiger partial charge in [-0.1, -0.05) is 25.3 Å². The number of hydrogen-bond donors (Lipinski definition) is 2. The average Bonchev–Trinajstić information content (AvgIpc) is 2.52. The highest BCUT2D eigenvalue weighted by Crippen LogP contribution is 2.31. The van der Waals surface area contributed by atoms with E-state index < -0.39 is 0 Å². The fraction of sp³-hybridized carbons (Fsp3) is 0.562. The molecule has 1 aromatic carbocycles. The fourth-order valence-corrected chi connectivity index (χ4v) is 3.62. The maximum atomic E-state index is 9.39. The first-order valence-corrected chi connectivity index (χ1v) is 8.56. The molecule has 0 aliphatic heterocycles. The molecular formula is C16H23N3S. The predicted octanol–water partition coefficient (Wildman–Crippen LogP) is 3.60. The van der Waals surface area contributed by atoms with Gasteiger partial charge in [0.05, 0.1) is 11.3 Å². The Morgan fingerprint density at radius 1 is 1.40 bits per heavy atom. The van der Waals surface area contributed by atoms with Gasteiger partial charge in [-0.15, -0.1) is 11.8 Å². The highest BCUT2D eigenvalue weighted by atomic mass is 32.2. The van der Waals surface area contributed by atoms with E-state index in [1.807, 2.05) is 24.5 Å². The number of rotatable bonds is 5. The van der Waals surface area contributed by atoms with Gasteiger partial charge in [-0.25, -0.2) is 0 Å². The number of nitriles is 1. The third kappa shape index (κ3) is 3.47. The number of benzene rings is 1. The molecule has 1 unspecified atom stereocenters. The second-order valence-corrected chi connectivity index (χ2v) is 6.23. The molecule has 108 valence electrons. The summed E-state index contributed by atoms with van der Waals surface area (Å²) in [5, 5.41) is 12.9. The summed E-state index contributed by atoms with van der Waals surface area (Å²) in [7, 11) is 0. The van der Waals surface area contributed by atoms with Gasteiger partial charge < -0.3 is 11.1 Å². The van der Waals surface area contributed by atoms with E-state index in [1.54, 1.807) is 11.8 Å². The van der Waals surface area contributed by atoms with Gasteiger partial charge in [0.2, 0.25) is 0 Å². The number of hydrogen-bond acceptors (Lipinski definition) is 4. The van der Waals surface area contributed by atoms with Gasteiger partial charge in [0.1, 0.15) is 6.07 Å². The molecule has 1 atom stereocenters. The zero-order valence-electron chi connectivity index (χ0n) is 12.1. The van der Waals surface area contributed by atoms with Crippen LogP contribution in [0.4, 0.5) is 5.69 Å². The van der Waals surface area contributed by atoms with Crippen molar-refractivity contribution in [2.75, 3.05) is 18.1 Å². The molecular weight excluding hydrogens is 266 g/mol. The minimum Gasteiger partial charge on any atom is -0.380 e. The van der Waals surface area contributed by atoms with Crippen LogP contribution < -0.4 is 11.1 Å². The molecule has 1 aliphatic carbocycles. The molecule has 1 fully saturated rings. The van der Waals surface area contributed by atoms with E-state index >= 15 is 0 Å². The van der Waals surface area contributed by atoms with Gasteiger partial charge in [0, 0.05) is 17.5 Å². The van der Waals surface area contributed by atoms with E-state index in [0.717, 1.165) is 16.1 Å². The third-order valence-corrected chi connectivity index (χ3v) is 4.95. The number of nitrogens with two attached hydrogens (primary N) is 1. The maximum absolute atomic E-state index is 9.39. The van der Waals surface area contributed by atoms with Crippen LogP contribution in [0.5, 0.6) is 0 Å². The van der Waals surface area contributed by atoms with Crippen LogP contribution in [0.3, 0.4) is 0 Å². The van der Waals surface area contributed by atoms with Crippen molar-refractivity contribution in [3.8, 4) is 6.07 Å². The predicted molar refractivity (Wildman–Crippen MR) is 86.0 cm³/mol. The Labute approximate surface area is 125 Å². The molecule has 1 saturated carbocycles. The summed E-state index contributed by atoms with van der Waals surface area (Å²) in [6, 6.07) is 8.59. The Morgan fingerprint density at radius 2 is 2.15 bits per heavy atom. The molecule has 3 nitrogen and oxygen atoms in total. The summed E-state index contributed by atoms with van der Waals surface area (Å²) < 4.78 is 0. The van der Waals surface area contributed by atoms with Gasteiger partial charge in [0.25, 0.3) is 0 Å². The Kier molecular flexibility index (Phi) is 5.75. The first-order chi connectivity index (χ1) is 9.80. The lowest BCUT2D eigenvalue weighted by Gasteiger charge is -2.31. The summed E-state index contributed by atoms with van der Waals surface area (Å²) in [4.78, 5) is 1.02. The van der Waals surface area contributed by atoms with Gasteiger partial charge >= 0.3 is 0 Å². The molecule has 3 N–H and O–H groups in total. The van der Waals surface area contributed by atoms with Crippen molar-refractivity contribution in [1.29, 1.82) is 5.26 Å². The normalized spacial score (nSPS) is 17.4. The molecule has 4 heteroatoms. The van der Waals surface area contributed by atoms with Crippen molar-refractivity contribution >= 4 is 17.4 Å². The van der Waals surface area contributed by atoms with E-state index in [9.17, 15) is 5.26 Å². The summed E-state index contributed by atoms with van der Waals surface area (Å²) in [5.41, 5.74) is 7.64. The number of nitrogens with zero attached hydrogens (tertiary/aromatic N) is 1. The van der Waals surface area contributed by atoms with Crippen molar-refractivity contribution in [2.45, 2.75) is 43.0 Å². The lowest BCUT2D eigenvalue weighted by atomic mass is 9.83. The van der Waals surface area contributed by atoms with Crippen molar-refractivity contribution in [3.05, 3.63) is 23.8 Å². The van der Waals surface area contributed by atoms with Crippen LogP contribution in [0.25, 0.3) is 0 Å². The van der Waals surface area contributed by atoms with Crippen LogP contribution >= 0.6 is 11.8 Å². The summed E-state index contributed by atoms with van der Waals surface area (Å²) in [5.74, 6) is 0.637.